The zero-order valence-electron chi connectivity index (χ0n) is 10.9. The van der Waals surface area contributed by atoms with Gasteiger partial charge in [-0.1, -0.05) is 6.92 Å². The Morgan fingerprint density at radius 3 is 2.45 bits per heavy atom. The zero-order chi connectivity index (χ0) is 15.5. The Morgan fingerprint density at radius 2 is 2.00 bits per heavy atom. The van der Waals surface area contributed by atoms with E-state index in [2.05, 4.69) is 0 Å². The minimum absolute atomic E-state index is 0.0403. The van der Waals surface area contributed by atoms with Crippen LogP contribution in [0.5, 0.6) is 0 Å². The first kappa shape index (κ1) is 16.5. The second-order valence-corrected chi connectivity index (χ2v) is 4.86. The quantitative estimate of drug-likeness (QED) is 0.803. The van der Waals surface area contributed by atoms with Crippen molar-refractivity contribution in [3.63, 3.8) is 0 Å². The lowest BCUT2D eigenvalue weighted by atomic mass is 10.0. The molecule has 1 aliphatic heterocycles. The molecule has 2 amide bonds. The highest BCUT2D eigenvalue weighted by Gasteiger charge is 2.40. The summed E-state index contributed by atoms with van der Waals surface area (Å²) in [4.78, 5) is 24.0. The van der Waals surface area contributed by atoms with Gasteiger partial charge < -0.3 is 20.0 Å². The summed E-state index contributed by atoms with van der Waals surface area (Å²) >= 11 is 0. The van der Waals surface area contributed by atoms with Gasteiger partial charge in [-0.3, -0.25) is 4.79 Å². The van der Waals surface area contributed by atoms with Crippen LogP contribution in [0.2, 0.25) is 0 Å². The molecule has 0 aromatic heterocycles. The van der Waals surface area contributed by atoms with E-state index in [1.54, 1.807) is 6.92 Å². The third-order valence-corrected chi connectivity index (χ3v) is 3.28. The molecule has 2 unspecified atom stereocenters. The molecule has 1 fully saturated rings. The second-order valence-electron chi connectivity index (χ2n) is 4.86. The molecule has 116 valence electrons. The fourth-order valence-electron chi connectivity index (χ4n) is 2.28. The minimum Gasteiger partial charge on any atom is -0.480 e. The molecule has 9 heteroatoms. The Bertz CT molecular complexity index is 375. The van der Waals surface area contributed by atoms with Crippen molar-refractivity contribution in [3.05, 3.63) is 0 Å². The summed E-state index contributed by atoms with van der Waals surface area (Å²) < 4.78 is 37.2. The third kappa shape index (κ3) is 4.26. The van der Waals surface area contributed by atoms with Crippen molar-refractivity contribution in [2.75, 3.05) is 26.2 Å². The maximum Gasteiger partial charge on any atom is 0.406 e. The number of hydrogen-bond donors (Lipinski definition) is 2. The van der Waals surface area contributed by atoms with Crippen LogP contribution in [-0.4, -0.2) is 70.5 Å². The molecule has 0 saturated carbocycles. The lowest BCUT2D eigenvalue weighted by molar-refractivity contribution is -0.149. The highest BCUT2D eigenvalue weighted by molar-refractivity contribution is 5.80. The summed E-state index contributed by atoms with van der Waals surface area (Å²) in [6.07, 6.45) is -4.12. The molecule has 1 heterocycles. The average Bonchev–Trinajstić information content (AvgIpc) is 2.66. The van der Waals surface area contributed by atoms with Crippen LogP contribution in [0.3, 0.4) is 0 Å². The monoisotopic (exact) mass is 298 g/mol. The highest BCUT2D eigenvalue weighted by Crippen LogP contribution is 2.26. The van der Waals surface area contributed by atoms with Crippen LogP contribution in [-0.2, 0) is 4.79 Å². The predicted molar refractivity (Wildman–Crippen MR) is 62.0 cm³/mol. The summed E-state index contributed by atoms with van der Waals surface area (Å²) in [5.74, 6) is -1.56. The highest BCUT2D eigenvalue weighted by atomic mass is 19.4. The predicted octanol–water partition coefficient (Wildman–Crippen LogP) is 0.758. The normalized spacial score (nSPS) is 22.9. The lowest BCUT2D eigenvalue weighted by Gasteiger charge is -2.31. The van der Waals surface area contributed by atoms with E-state index in [0.29, 0.717) is 6.42 Å². The summed E-state index contributed by atoms with van der Waals surface area (Å²) in [5.41, 5.74) is 0. The van der Waals surface area contributed by atoms with E-state index in [1.165, 1.54) is 0 Å². The fourth-order valence-corrected chi connectivity index (χ4v) is 2.28. The molecular formula is C11H17F3N2O4. The minimum atomic E-state index is -4.68. The van der Waals surface area contributed by atoms with Crippen molar-refractivity contribution >= 4 is 12.0 Å². The molecular weight excluding hydrogens is 281 g/mol. The number of alkyl halides is 3. The van der Waals surface area contributed by atoms with Crippen LogP contribution in [0.25, 0.3) is 0 Å². The Hall–Kier alpha value is -1.51. The molecule has 0 aromatic carbocycles. The Labute approximate surface area is 113 Å². The largest absolute Gasteiger partial charge is 0.480 e. The topological polar surface area (TPSA) is 81.1 Å². The van der Waals surface area contributed by atoms with Gasteiger partial charge in [-0.05, 0) is 12.3 Å². The first-order valence-corrected chi connectivity index (χ1v) is 6.10. The Kier molecular flexibility index (Phi) is 5.21. The number of aliphatic hydroxyl groups is 1. The molecule has 2 N–H and O–H groups in total. The number of nitrogens with zero attached hydrogens (tertiary/aromatic N) is 2. The number of urea groups is 1. The smallest absolute Gasteiger partial charge is 0.406 e. The number of aliphatic hydroxyl groups excluding tert-OH is 1. The molecule has 1 aliphatic rings. The number of amides is 2. The van der Waals surface area contributed by atoms with E-state index in [0.717, 1.165) is 4.90 Å². The van der Waals surface area contributed by atoms with Crippen LogP contribution in [0.1, 0.15) is 13.3 Å². The van der Waals surface area contributed by atoms with Gasteiger partial charge in [0.05, 0.1) is 12.6 Å². The van der Waals surface area contributed by atoms with Crippen LogP contribution in [0.15, 0.2) is 0 Å². The van der Waals surface area contributed by atoms with Crippen molar-refractivity contribution in [1.82, 2.24) is 9.80 Å². The summed E-state index contributed by atoms with van der Waals surface area (Å²) in [6.45, 7) is -1.03. The van der Waals surface area contributed by atoms with E-state index in [9.17, 15) is 27.9 Å². The van der Waals surface area contributed by atoms with E-state index in [4.69, 9.17) is 5.11 Å². The number of hydrogen-bond acceptors (Lipinski definition) is 3. The standard InChI is InChI=1S/C11H17F3N2O4/c1-7-2-3-16(8(7)5-17)10(20)15(4-9(18)19)6-11(12,13)14/h7-8,17H,2-6H2,1H3,(H,18,19). The van der Waals surface area contributed by atoms with Crippen molar-refractivity contribution in [1.29, 1.82) is 0 Å². The van der Waals surface area contributed by atoms with Gasteiger partial charge in [-0.25, -0.2) is 4.79 Å². The van der Waals surface area contributed by atoms with Crippen molar-refractivity contribution < 1.29 is 33.0 Å². The van der Waals surface area contributed by atoms with Gasteiger partial charge >= 0.3 is 18.2 Å². The molecule has 6 nitrogen and oxygen atoms in total. The number of halogens is 3. The van der Waals surface area contributed by atoms with Crippen LogP contribution < -0.4 is 0 Å². The average molecular weight is 298 g/mol. The molecule has 0 spiro atoms. The second kappa shape index (κ2) is 6.29. The Balaban J connectivity index is 2.84. The molecule has 0 aliphatic carbocycles. The van der Waals surface area contributed by atoms with Crippen LogP contribution >= 0.6 is 0 Å². The molecule has 1 saturated heterocycles. The summed E-state index contributed by atoms with van der Waals surface area (Å²) in [5, 5.41) is 17.8. The molecule has 1 rings (SSSR count). The van der Waals surface area contributed by atoms with Gasteiger partial charge in [0, 0.05) is 6.54 Å². The first-order chi connectivity index (χ1) is 9.15. The maximum atomic E-state index is 12.4. The first-order valence-electron chi connectivity index (χ1n) is 6.10. The zero-order valence-corrected chi connectivity index (χ0v) is 10.9. The number of aliphatic carboxylic acids is 1. The van der Waals surface area contributed by atoms with E-state index < -0.39 is 37.3 Å². The van der Waals surface area contributed by atoms with Crippen molar-refractivity contribution in [2.45, 2.75) is 25.6 Å². The lowest BCUT2D eigenvalue weighted by Crippen LogP contribution is -2.51. The van der Waals surface area contributed by atoms with Gasteiger partial charge in [-0.15, -0.1) is 0 Å². The number of carbonyl (C=O) groups is 2. The van der Waals surface area contributed by atoms with E-state index in [1.807, 2.05) is 0 Å². The number of likely N-dealkylation sites (tertiary alicyclic amines) is 1. The summed E-state index contributed by atoms with van der Waals surface area (Å²) in [6, 6.07) is -1.58. The number of rotatable bonds is 4. The third-order valence-electron chi connectivity index (χ3n) is 3.28. The molecule has 0 radical (unpaired) electrons. The van der Waals surface area contributed by atoms with Gasteiger partial charge in [0.2, 0.25) is 0 Å². The SMILES string of the molecule is CC1CCN(C(=O)N(CC(=O)O)CC(F)(F)F)C1CO. The van der Waals surface area contributed by atoms with Crippen LogP contribution in [0, 0.1) is 5.92 Å². The molecule has 0 bridgehead atoms. The van der Waals surface area contributed by atoms with Gasteiger partial charge in [0.1, 0.15) is 13.1 Å². The molecule has 20 heavy (non-hydrogen) atoms. The van der Waals surface area contributed by atoms with Gasteiger partial charge in [-0.2, -0.15) is 13.2 Å². The van der Waals surface area contributed by atoms with Crippen LogP contribution in [0.4, 0.5) is 18.0 Å². The fraction of sp³-hybridized carbons (Fsp3) is 0.818. The number of carboxylic acids is 1. The number of carbonyl (C=O) groups excluding carboxylic acids is 1. The van der Waals surface area contributed by atoms with Crippen molar-refractivity contribution in [3.8, 4) is 0 Å². The summed E-state index contributed by atoms with van der Waals surface area (Å²) in [7, 11) is 0. The van der Waals surface area contributed by atoms with Gasteiger partial charge in [0.25, 0.3) is 0 Å². The number of carboxylic acid groups (broad SMARTS) is 1. The van der Waals surface area contributed by atoms with Gasteiger partial charge in [0.15, 0.2) is 0 Å². The van der Waals surface area contributed by atoms with E-state index in [-0.39, 0.29) is 24.0 Å². The van der Waals surface area contributed by atoms with Crippen molar-refractivity contribution in [2.24, 2.45) is 5.92 Å². The molecule has 0 aromatic rings. The maximum absolute atomic E-state index is 12.4. The Morgan fingerprint density at radius 1 is 1.40 bits per heavy atom. The molecule has 2 atom stereocenters. The van der Waals surface area contributed by atoms with E-state index >= 15 is 0 Å².